The number of rotatable bonds is 4. The molecular weight excluding hydrogens is 262 g/mol. The van der Waals surface area contributed by atoms with Crippen molar-refractivity contribution in [2.45, 2.75) is 6.42 Å². The second kappa shape index (κ2) is 4.65. The van der Waals surface area contributed by atoms with E-state index in [-0.39, 0.29) is 18.7 Å². The van der Waals surface area contributed by atoms with Gasteiger partial charge in [-0.15, -0.1) is 5.10 Å². The van der Waals surface area contributed by atoms with E-state index in [4.69, 9.17) is 5.11 Å². The molecule has 0 aliphatic rings. The molecule has 20 heavy (non-hydrogen) atoms. The molecule has 102 valence electrons. The maximum absolute atomic E-state index is 11.8. The normalized spacial score (nSPS) is 11.0. The van der Waals surface area contributed by atoms with Gasteiger partial charge in [-0.25, -0.2) is 19.3 Å². The number of nitrogens with one attached hydrogen (secondary N) is 2. The molecule has 3 aromatic rings. The number of para-hydroxylation sites is 2. The Balaban J connectivity index is 2.15. The second-order valence-corrected chi connectivity index (χ2v) is 4.21. The topological polar surface area (TPSA) is 112 Å². The number of aliphatic carboxylic acids is 1. The zero-order valence-corrected chi connectivity index (χ0v) is 10.3. The van der Waals surface area contributed by atoms with E-state index in [9.17, 15) is 9.59 Å². The lowest BCUT2D eigenvalue weighted by Crippen LogP contribution is -2.13. The quantitative estimate of drug-likeness (QED) is 0.636. The molecule has 0 fully saturated rings. The summed E-state index contributed by atoms with van der Waals surface area (Å²) in [6.45, 7) is 0.206. The van der Waals surface area contributed by atoms with Gasteiger partial charge in [-0.1, -0.05) is 12.1 Å². The maximum atomic E-state index is 11.8. The van der Waals surface area contributed by atoms with E-state index >= 15 is 0 Å². The van der Waals surface area contributed by atoms with Crippen LogP contribution in [0, 0.1) is 0 Å². The van der Waals surface area contributed by atoms with Crippen molar-refractivity contribution in [2.75, 3.05) is 11.9 Å². The lowest BCUT2D eigenvalue weighted by atomic mass is 10.3. The Kier molecular flexibility index (Phi) is 2.82. The van der Waals surface area contributed by atoms with Crippen LogP contribution in [-0.2, 0) is 4.79 Å². The van der Waals surface area contributed by atoms with Gasteiger partial charge < -0.3 is 10.4 Å². The number of carboxylic acid groups (broad SMARTS) is 1. The Morgan fingerprint density at radius 2 is 2.20 bits per heavy atom. The molecule has 3 N–H and O–H groups in total. The number of hydrogen-bond donors (Lipinski definition) is 3. The van der Waals surface area contributed by atoms with Crippen LogP contribution in [0.1, 0.15) is 6.42 Å². The first kappa shape index (κ1) is 12.2. The summed E-state index contributed by atoms with van der Waals surface area (Å²) in [5.41, 5.74) is 1.25. The van der Waals surface area contributed by atoms with E-state index in [1.54, 1.807) is 18.2 Å². The first-order valence-electron chi connectivity index (χ1n) is 5.98. The number of fused-ring (bicyclic) bond motifs is 3. The molecule has 0 aliphatic heterocycles. The predicted octanol–water partition coefficient (Wildman–Crippen LogP) is 0.457. The van der Waals surface area contributed by atoms with Crippen LogP contribution in [0.15, 0.2) is 29.1 Å². The van der Waals surface area contributed by atoms with Crippen molar-refractivity contribution in [3.8, 4) is 0 Å². The van der Waals surface area contributed by atoms with Crippen molar-refractivity contribution in [1.82, 2.24) is 19.6 Å². The van der Waals surface area contributed by atoms with Crippen LogP contribution < -0.4 is 11.0 Å². The molecule has 8 nitrogen and oxygen atoms in total. The highest BCUT2D eigenvalue weighted by atomic mass is 16.4. The highest BCUT2D eigenvalue weighted by Crippen LogP contribution is 2.18. The Morgan fingerprint density at radius 1 is 1.40 bits per heavy atom. The number of nitrogens with zero attached hydrogens (tertiary/aromatic N) is 3. The summed E-state index contributed by atoms with van der Waals surface area (Å²) < 4.78 is 1.41. The zero-order valence-electron chi connectivity index (χ0n) is 10.3. The van der Waals surface area contributed by atoms with E-state index < -0.39 is 5.97 Å². The SMILES string of the molecule is O=C(O)CCNc1nc2ccccc2n2c(=O)[nH]nc12. The molecule has 0 saturated carbocycles. The number of carbonyl (C=O) groups is 1. The summed E-state index contributed by atoms with van der Waals surface area (Å²) in [6.07, 6.45) is -0.0463. The first-order chi connectivity index (χ1) is 9.66. The van der Waals surface area contributed by atoms with Crippen LogP contribution in [0.4, 0.5) is 5.82 Å². The largest absolute Gasteiger partial charge is 0.481 e. The molecule has 1 aromatic carbocycles. The van der Waals surface area contributed by atoms with E-state index in [1.807, 2.05) is 6.07 Å². The molecule has 0 saturated heterocycles. The van der Waals surface area contributed by atoms with Crippen LogP contribution in [0.3, 0.4) is 0 Å². The molecule has 0 atom stereocenters. The predicted molar refractivity (Wildman–Crippen MR) is 71.9 cm³/mol. The minimum atomic E-state index is -0.909. The van der Waals surface area contributed by atoms with Gasteiger partial charge in [-0.2, -0.15) is 0 Å². The zero-order chi connectivity index (χ0) is 14.1. The molecule has 0 radical (unpaired) electrons. The average Bonchev–Trinajstić information content (AvgIpc) is 2.81. The van der Waals surface area contributed by atoms with E-state index in [0.29, 0.717) is 22.5 Å². The molecule has 0 aliphatic carbocycles. The number of H-pyrrole nitrogens is 1. The standard InChI is InChI=1S/C12H11N5O3/c18-9(19)5-6-13-10-11-15-16-12(20)17(11)8-4-2-1-3-7(8)14-10/h1-4H,5-6H2,(H,13,14)(H,16,20)(H,18,19). The van der Waals surface area contributed by atoms with Crippen molar-refractivity contribution < 1.29 is 9.90 Å². The van der Waals surface area contributed by atoms with Gasteiger partial charge >= 0.3 is 11.7 Å². The number of benzene rings is 1. The van der Waals surface area contributed by atoms with Gasteiger partial charge in [0.25, 0.3) is 0 Å². The monoisotopic (exact) mass is 273 g/mol. The number of hydrogen-bond acceptors (Lipinski definition) is 5. The Labute approximate surface area is 112 Å². The van der Waals surface area contributed by atoms with Crippen LogP contribution in [0.5, 0.6) is 0 Å². The number of aromatic amines is 1. The molecule has 8 heteroatoms. The minimum absolute atomic E-state index is 0.0463. The third-order valence-electron chi connectivity index (χ3n) is 2.87. The Morgan fingerprint density at radius 3 is 3.00 bits per heavy atom. The fourth-order valence-electron chi connectivity index (χ4n) is 2.00. The maximum Gasteiger partial charge on any atom is 0.348 e. The molecule has 2 heterocycles. The van der Waals surface area contributed by atoms with Gasteiger partial charge in [0.15, 0.2) is 5.82 Å². The smallest absolute Gasteiger partial charge is 0.348 e. The van der Waals surface area contributed by atoms with Crippen molar-refractivity contribution in [3.63, 3.8) is 0 Å². The van der Waals surface area contributed by atoms with Gasteiger partial charge in [0.1, 0.15) is 0 Å². The summed E-state index contributed by atoms with van der Waals surface area (Å²) in [5, 5.41) is 17.8. The van der Waals surface area contributed by atoms with E-state index in [0.717, 1.165) is 0 Å². The fourth-order valence-corrected chi connectivity index (χ4v) is 2.00. The molecule has 0 amide bonds. The van der Waals surface area contributed by atoms with Gasteiger partial charge in [-0.3, -0.25) is 4.79 Å². The van der Waals surface area contributed by atoms with Crippen molar-refractivity contribution >= 4 is 28.5 Å². The van der Waals surface area contributed by atoms with E-state index in [1.165, 1.54) is 4.40 Å². The molecule has 0 unspecified atom stereocenters. The highest BCUT2D eigenvalue weighted by Gasteiger charge is 2.12. The van der Waals surface area contributed by atoms with Crippen molar-refractivity contribution in [1.29, 1.82) is 0 Å². The number of anilines is 1. The van der Waals surface area contributed by atoms with Gasteiger partial charge in [0.05, 0.1) is 17.5 Å². The Hall–Kier alpha value is -2.90. The molecular formula is C12H11N5O3. The van der Waals surface area contributed by atoms with Crippen LogP contribution in [0.2, 0.25) is 0 Å². The fraction of sp³-hybridized carbons (Fsp3) is 0.167. The van der Waals surface area contributed by atoms with Crippen LogP contribution >= 0.6 is 0 Å². The van der Waals surface area contributed by atoms with Gasteiger partial charge in [0, 0.05) is 6.54 Å². The highest BCUT2D eigenvalue weighted by molar-refractivity contribution is 5.82. The Bertz CT molecular complexity index is 851. The third-order valence-corrected chi connectivity index (χ3v) is 2.87. The summed E-state index contributed by atoms with van der Waals surface area (Å²) >= 11 is 0. The van der Waals surface area contributed by atoms with Gasteiger partial charge in [-0.05, 0) is 12.1 Å². The lowest BCUT2D eigenvalue weighted by molar-refractivity contribution is -0.136. The summed E-state index contributed by atoms with van der Waals surface area (Å²) in [7, 11) is 0. The molecule has 3 rings (SSSR count). The van der Waals surface area contributed by atoms with Crippen molar-refractivity contribution in [3.05, 3.63) is 34.7 Å². The molecule has 0 bridgehead atoms. The summed E-state index contributed by atoms with van der Waals surface area (Å²) in [4.78, 5) is 26.7. The van der Waals surface area contributed by atoms with Crippen LogP contribution in [-0.4, -0.2) is 37.2 Å². The van der Waals surface area contributed by atoms with Crippen molar-refractivity contribution in [2.24, 2.45) is 0 Å². The average molecular weight is 273 g/mol. The summed E-state index contributed by atoms with van der Waals surface area (Å²) in [5.74, 6) is -0.531. The lowest BCUT2D eigenvalue weighted by Gasteiger charge is -2.07. The second-order valence-electron chi connectivity index (χ2n) is 4.21. The third kappa shape index (κ3) is 1.96. The molecule has 2 aromatic heterocycles. The minimum Gasteiger partial charge on any atom is -0.481 e. The number of carboxylic acids is 1. The molecule has 0 spiro atoms. The van der Waals surface area contributed by atoms with E-state index in [2.05, 4.69) is 20.5 Å². The first-order valence-corrected chi connectivity index (χ1v) is 5.98. The number of aromatic nitrogens is 4. The van der Waals surface area contributed by atoms with Crippen LogP contribution in [0.25, 0.3) is 16.7 Å². The van der Waals surface area contributed by atoms with Gasteiger partial charge in [0.2, 0.25) is 5.65 Å². The summed E-state index contributed by atoms with van der Waals surface area (Å²) in [6, 6.07) is 7.16.